The van der Waals surface area contributed by atoms with Gasteiger partial charge < -0.3 is 10.1 Å². The minimum Gasteiger partial charge on any atom is -0.445 e. The van der Waals surface area contributed by atoms with Crippen LogP contribution in [-0.2, 0) is 11.2 Å². The van der Waals surface area contributed by atoms with Gasteiger partial charge in [-0.2, -0.15) is 0 Å². The van der Waals surface area contributed by atoms with Crippen LogP contribution in [0, 0.1) is 11.3 Å². The molecular weight excluding hydrogens is 443 g/mol. The SMILES string of the molecule is CC1(C)CCc2cc(-c3cc(Cl)cc(Cl)c3)ccc2C1NC(=O)O[C@@H]1CN2CCC1CC2. The van der Waals surface area contributed by atoms with Crippen molar-refractivity contribution in [2.24, 2.45) is 11.3 Å². The van der Waals surface area contributed by atoms with Gasteiger partial charge in [-0.25, -0.2) is 4.79 Å². The minimum absolute atomic E-state index is 0.0126. The Morgan fingerprint density at radius 2 is 1.78 bits per heavy atom. The summed E-state index contributed by atoms with van der Waals surface area (Å²) >= 11 is 12.4. The third kappa shape index (κ3) is 4.37. The number of hydrogen-bond donors (Lipinski definition) is 1. The lowest BCUT2D eigenvalue weighted by Gasteiger charge is -2.44. The van der Waals surface area contributed by atoms with Gasteiger partial charge in [0.2, 0.25) is 0 Å². The molecule has 6 heteroatoms. The Balaban J connectivity index is 1.36. The van der Waals surface area contributed by atoms with Crippen LogP contribution < -0.4 is 5.32 Å². The number of nitrogens with zero attached hydrogens (tertiary/aromatic N) is 1. The standard InChI is InChI=1S/C26H30Cl2N2O2/c1-26(2)8-5-18-11-17(19-12-20(27)14-21(28)13-19)3-4-22(18)24(26)29-25(31)32-23-15-30-9-6-16(23)7-10-30/h3-4,11-14,16,23-24H,5-10,15H2,1-2H3,(H,29,31)/t23-,24?/m1/s1. The summed E-state index contributed by atoms with van der Waals surface area (Å²) in [6.45, 7) is 7.58. The molecule has 32 heavy (non-hydrogen) atoms. The molecule has 1 unspecified atom stereocenters. The van der Waals surface area contributed by atoms with Crippen LogP contribution in [0.15, 0.2) is 36.4 Å². The summed E-state index contributed by atoms with van der Waals surface area (Å²) in [7, 11) is 0. The lowest BCUT2D eigenvalue weighted by Crippen LogP contribution is -2.53. The summed E-state index contributed by atoms with van der Waals surface area (Å²) in [6.07, 6.45) is 3.94. The van der Waals surface area contributed by atoms with E-state index in [1.54, 1.807) is 6.07 Å². The van der Waals surface area contributed by atoms with Crippen LogP contribution in [0.1, 0.15) is 50.3 Å². The number of rotatable bonds is 3. The summed E-state index contributed by atoms with van der Waals surface area (Å²) in [4.78, 5) is 15.3. The molecule has 2 aromatic carbocycles. The van der Waals surface area contributed by atoms with Crippen LogP contribution in [-0.4, -0.2) is 36.7 Å². The number of piperidine rings is 3. The van der Waals surface area contributed by atoms with E-state index in [1.807, 2.05) is 12.1 Å². The molecule has 4 aliphatic rings. The van der Waals surface area contributed by atoms with Gasteiger partial charge in [-0.15, -0.1) is 0 Å². The molecule has 1 N–H and O–H groups in total. The van der Waals surface area contributed by atoms with Crippen LogP contribution in [0.25, 0.3) is 11.1 Å². The van der Waals surface area contributed by atoms with Crippen LogP contribution in [0.5, 0.6) is 0 Å². The van der Waals surface area contributed by atoms with Crippen LogP contribution in [0.3, 0.4) is 0 Å². The van der Waals surface area contributed by atoms with Gasteiger partial charge in [0.05, 0.1) is 6.04 Å². The monoisotopic (exact) mass is 472 g/mol. The first-order valence-corrected chi connectivity index (χ1v) is 12.3. The van der Waals surface area contributed by atoms with E-state index >= 15 is 0 Å². The molecule has 2 atom stereocenters. The smallest absolute Gasteiger partial charge is 0.407 e. The van der Waals surface area contributed by atoms with Crippen molar-refractivity contribution >= 4 is 29.3 Å². The molecule has 3 saturated heterocycles. The number of benzene rings is 2. The lowest BCUT2D eigenvalue weighted by molar-refractivity contribution is -0.0353. The number of halogens is 2. The Morgan fingerprint density at radius 1 is 1.06 bits per heavy atom. The first-order valence-electron chi connectivity index (χ1n) is 11.6. The number of hydrogen-bond acceptors (Lipinski definition) is 3. The molecule has 0 aromatic heterocycles. The number of nitrogens with one attached hydrogen (secondary N) is 1. The summed E-state index contributed by atoms with van der Waals surface area (Å²) in [5.74, 6) is 0.504. The maximum atomic E-state index is 12.9. The minimum atomic E-state index is -0.291. The Hall–Kier alpha value is -1.75. The van der Waals surface area contributed by atoms with Crippen molar-refractivity contribution in [1.82, 2.24) is 10.2 Å². The van der Waals surface area contributed by atoms with E-state index < -0.39 is 0 Å². The molecule has 0 spiro atoms. The van der Waals surface area contributed by atoms with E-state index in [4.69, 9.17) is 27.9 Å². The topological polar surface area (TPSA) is 41.6 Å². The number of ether oxygens (including phenoxy) is 1. The number of carbonyl (C=O) groups is 1. The molecule has 3 fully saturated rings. The molecule has 2 bridgehead atoms. The summed E-state index contributed by atoms with van der Waals surface area (Å²) in [5, 5.41) is 4.48. The Morgan fingerprint density at radius 3 is 2.44 bits per heavy atom. The molecule has 6 rings (SSSR count). The zero-order valence-electron chi connectivity index (χ0n) is 18.7. The van der Waals surface area contributed by atoms with Crippen molar-refractivity contribution in [3.05, 3.63) is 57.6 Å². The van der Waals surface area contributed by atoms with Gasteiger partial charge >= 0.3 is 6.09 Å². The normalized spacial score (nSPS) is 28.1. The summed E-state index contributed by atoms with van der Waals surface area (Å²) in [6, 6.07) is 12.0. The van der Waals surface area contributed by atoms with E-state index in [0.29, 0.717) is 16.0 Å². The largest absolute Gasteiger partial charge is 0.445 e. The van der Waals surface area contributed by atoms with Gasteiger partial charge in [0.1, 0.15) is 6.10 Å². The highest BCUT2D eigenvalue weighted by atomic mass is 35.5. The fraction of sp³-hybridized carbons (Fsp3) is 0.500. The number of fused-ring (bicyclic) bond motifs is 4. The second-order valence-electron chi connectivity index (χ2n) is 10.2. The molecule has 0 radical (unpaired) electrons. The van der Waals surface area contributed by atoms with E-state index in [1.165, 1.54) is 11.1 Å². The first-order chi connectivity index (χ1) is 15.3. The third-order valence-electron chi connectivity index (χ3n) is 7.59. The summed E-state index contributed by atoms with van der Waals surface area (Å²) < 4.78 is 5.93. The molecule has 1 aliphatic carbocycles. The van der Waals surface area contributed by atoms with Crippen molar-refractivity contribution in [3.8, 4) is 11.1 Å². The number of carbonyl (C=O) groups excluding carboxylic acids is 1. The number of alkyl carbamates (subject to hydrolysis) is 1. The predicted molar refractivity (Wildman–Crippen MR) is 129 cm³/mol. The maximum Gasteiger partial charge on any atom is 0.407 e. The molecule has 170 valence electrons. The van der Waals surface area contributed by atoms with Gasteiger partial charge in [0.25, 0.3) is 0 Å². The molecule has 4 nitrogen and oxygen atoms in total. The maximum absolute atomic E-state index is 12.9. The van der Waals surface area contributed by atoms with Crippen molar-refractivity contribution in [2.75, 3.05) is 19.6 Å². The van der Waals surface area contributed by atoms with Gasteiger partial charge in [-0.3, -0.25) is 4.90 Å². The highest BCUT2D eigenvalue weighted by Gasteiger charge is 2.40. The van der Waals surface area contributed by atoms with E-state index in [9.17, 15) is 4.79 Å². The van der Waals surface area contributed by atoms with Crippen molar-refractivity contribution < 1.29 is 9.53 Å². The van der Waals surface area contributed by atoms with Crippen molar-refractivity contribution in [1.29, 1.82) is 0 Å². The highest BCUT2D eigenvalue weighted by molar-refractivity contribution is 6.35. The second-order valence-corrected chi connectivity index (χ2v) is 11.1. The molecule has 1 amide bonds. The Labute approximate surface area is 200 Å². The predicted octanol–water partition coefficient (Wildman–Crippen LogP) is 6.49. The van der Waals surface area contributed by atoms with Gasteiger partial charge in [0.15, 0.2) is 0 Å². The lowest BCUT2D eigenvalue weighted by atomic mass is 9.70. The van der Waals surface area contributed by atoms with Crippen LogP contribution in [0.4, 0.5) is 4.79 Å². The molecule has 3 aliphatic heterocycles. The van der Waals surface area contributed by atoms with Crippen molar-refractivity contribution in [2.45, 2.75) is 51.7 Å². The van der Waals surface area contributed by atoms with E-state index in [0.717, 1.165) is 56.4 Å². The Bertz CT molecular complexity index is 1010. The van der Waals surface area contributed by atoms with Crippen LogP contribution in [0.2, 0.25) is 10.0 Å². The number of aryl methyl sites for hydroxylation is 1. The third-order valence-corrected chi connectivity index (χ3v) is 8.02. The quantitative estimate of drug-likeness (QED) is 0.554. The van der Waals surface area contributed by atoms with Crippen molar-refractivity contribution in [3.63, 3.8) is 0 Å². The molecule has 0 saturated carbocycles. The highest BCUT2D eigenvalue weighted by Crippen LogP contribution is 2.45. The average molecular weight is 473 g/mol. The molecular formula is C26H30Cl2N2O2. The van der Waals surface area contributed by atoms with Crippen LogP contribution >= 0.6 is 23.2 Å². The van der Waals surface area contributed by atoms with E-state index in [2.05, 4.69) is 42.3 Å². The number of amides is 1. The van der Waals surface area contributed by atoms with Gasteiger partial charge in [0, 0.05) is 16.6 Å². The second kappa shape index (κ2) is 8.55. The molecule has 3 heterocycles. The first kappa shape index (κ1) is 22.1. The fourth-order valence-corrected chi connectivity index (χ4v) is 6.16. The van der Waals surface area contributed by atoms with Gasteiger partial charge in [-0.1, -0.05) is 55.2 Å². The Kier molecular flexibility index (Phi) is 5.90. The fourth-order valence-electron chi connectivity index (χ4n) is 5.63. The summed E-state index contributed by atoms with van der Waals surface area (Å²) in [5.41, 5.74) is 4.46. The van der Waals surface area contributed by atoms with E-state index in [-0.39, 0.29) is 23.7 Å². The van der Waals surface area contributed by atoms with Gasteiger partial charge in [-0.05, 0) is 90.6 Å². The molecule has 2 aromatic rings. The zero-order chi connectivity index (χ0) is 22.5. The average Bonchev–Trinajstić information content (AvgIpc) is 2.75. The zero-order valence-corrected chi connectivity index (χ0v) is 20.2.